The number of fused-ring (bicyclic) bond motifs is 4. The third-order valence-corrected chi connectivity index (χ3v) is 9.20. The van der Waals surface area contributed by atoms with E-state index in [1.807, 2.05) is 0 Å². The van der Waals surface area contributed by atoms with Gasteiger partial charge in [0.2, 0.25) is 12.5 Å². The van der Waals surface area contributed by atoms with Gasteiger partial charge in [-0.1, -0.05) is 6.07 Å². The number of hydrogen-bond acceptors (Lipinski definition) is 14. The number of phenolic OH excluding ortho intramolecular Hbond substituents is 1. The molecular formula is C32H32O13S. The van der Waals surface area contributed by atoms with Gasteiger partial charge >= 0.3 is 5.97 Å². The summed E-state index contributed by atoms with van der Waals surface area (Å²) >= 11 is 1.18. The summed E-state index contributed by atoms with van der Waals surface area (Å²) < 4.78 is 156. The average Bonchev–Trinajstić information content (AvgIpc) is 3.80. The van der Waals surface area contributed by atoms with Gasteiger partial charge in [0, 0.05) is 13.2 Å². The van der Waals surface area contributed by atoms with Crippen LogP contribution in [0, 0.1) is 11.8 Å². The third-order valence-electron chi connectivity index (χ3n) is 8.31. The molecule has 2 aromatic carbocycles. The number of rotatable bonds is 6. The molecule has 0 radical (unpaired) electrons. The van der Waals surface area contributed by atoms with Crippen LogP contribution in [-0.4, -0.2) is 85.9 Å². The van der Waals surface area contributed by atoms with Crippen LogP contribution in [0.3, 0.4) is 0 Å². The minimum atomic E-state index is -3.28. The molecule has 13 nitrogen and oxygen atoms in total. The van der Waals surface area contributed by atoms with Crippen LogP contribution in [0.25, 0.3) is 0 Å². The number of aliphatic hydroxyl groups excluding tert-OH is 2. The number of carbonyl (C=O) groups excluding carboxylic acids is 1. The lowest BCUT2D eigenvalue weighted by Crippen LogP contribution is -2.62. The van der Waals surface area contributed by atoms with Crippen LogP contribution in [0.2, 0.25) is 0 Å². The van der Waals surface area contributed by atoms with Crippen molar-refractivity contribution in [3.63, 3.8) is 0 Å². The zero-order chi connectivity index (χ0) is 43.0. The number of aromatic hydroxyl groups is 1. The molecule has 1 aliphatic carbocycles. The first-order valence-corrected chi connectivity index (χ1v) is 14.7. The number of thiophene rings is 1. The number of carbonyl (C=O) groups is 1. The van der Waals surface area contributed by atoms with Gasteiger partial charge in [0.15, 0.2) is 35.6 Å². The highest BCUT2D eigenvalue weighted by molar-refractivity contribution is 7.10. The Morgan fingerprint density at radius 1 is 1.00 bits per heavy atom. The first-order chi connectivity index (χ1) is 27.2. The molecule has 0 saturated carbocycles. The van der Waals surface area contributed by atoms with Crippen molar-refractivity contribution in [2.75, 3.05) is 33.9 Å². The first kappa shape index (κ1) is 18.6. The number of benzene rings is 2. The van der Waals surface area contributed by atoms with Crippen LogP contribution in [0.4, 0.5) is 0 Å². The quantitative estimate of drug-likeness (QED) is 0.329. The molecule has 3 fully saturated rings. The summed E-state index contributed by atoms with van der Waals surface area (Å²) in [4.78, 5) is 14.4. The molecule has 3 N–H and O–H groups in total. The summed E-state index contributed by atoms with van der Waals surface area (Å²) in [5, 5.41) is 35.4. The van der Waals surface area contributed by atoms with Crippen LogP contribution in [-0.2, 0) is 28.5 Å². The number of methoxy groups -OCH3 is 2. The fourth-order valence-electron chi connectivity index (χ4n) is 6.19. The summed E-state index contributed by atoms with van der Waals surface area (Å²) in [7, 11) is -6.56. The predicted octanol–water partition coefficient (Wildman–Crippen LogP) is 2.75. The van der Waals surface area contributed by atoms with E-state index in [0.717, 1.165) is 24.3 Å². The fourth-order valence-corrected chi connectivity index (χ4v) is 6.88. The number of cyclic esters (lactones) is 1. The number of aliphatic hydroxyl groups is 2. The van der Waals surface area contributed by atoms with Gasteiger partial charge in [0.25, 0.3) is 0 Å². The van der Waals surface area contributed by atoms with Crippen molar-refractivity contribution in [3.8, 4) is 28.7 Å². The van der Waals surface area contributed by atoms with Gasteiger partial charge in [-0.3, -0.25) is 4.79 Å². The molecule has 5 heterocycles. The maximum atomic E-state index is 14.0. The molecule has 3 saturated heterocycles. The first-order valence-electron chi connectivity index (χ1n) is 20.3. The topological polar surface area (TPSA) is 161 Å². The second-order valence-corrected chi connectivity index (χ2v) is 11.8. The van der Waals surface area contributed by atoms with Crippen molar-refractivity contribution < 1.29 is 80.6 Å². The highest BCUT2D eigenvalue weighted by Gasteiger charge is 2.56. The van der Waals surface area contributed by atoms with E-state index in [9.17, 15) is 21.5 Å². The molecule has 10 atom stereocenters. The Hall–Kier alpha value is -3.63. The van der Waals surface area contributed by atoms with Crippen molar-refractivity contribution in [1.82, 2.24) is 0 Å². The Kier molecular flexibility index (Phi) is 4.68. The summed E-state index contributed by atoms with van der Waals surface area (Å²) in [6.07, 6.45) is -12.5. The maximum absolute atomic E-state index is 14.0. The Balaban J connectivity index is 1.28. The van der Waals surface area contributed by atoms with E-state index in [2.05, 4.69) is 0 Å². The van der Waals surface area contributed by atoms with Gasteiger partial charge in [-0.15, -0.1) is 11.3 Å². The van der Waals surface area contributed by atoms with E-state index >= 15 is 0 Å². The Morgan fingerprint density at radius 2 is 1.76 bits per heavy atom. The molecule has 5 aliphatic rings. The van der Waals surface area contributed by atoms with E-state index in [-0.39, 0.29) is 22.6 Å². The zero-order valence-corrected chi connectivity index (χ0v) is 23.9. The van der Waals surface area contributed by atoms with Gasteiger partial charge in [-0.05, 0) is 52.4 Å². The van der Waals surface area contributed by atoms with Crippen molar-refractivity contribution >= 4 is 17.3 Å². The van der Waals surface area contributed by atoms with Crippen LogP contribution < -0.4 is 18.9 Å². The molecule has 0 spiro atoms. The van der Waals surface area contributed by atoms with Crippen molar-refractivity contribution in [1.29, 1.82) is 0 Å². The summed E-state index contributed by atoms with van der Waals surface area (Å²) in [5.74, 6) is -11.8. The summed E-state index contributed by atoms with van der Waals surface area (Å²) in [6, 6.07) is 6.94. The molecule has 244 valence electrons. The summed E-state index contributed by atoms with van der Waals surface area (Å²) in [5.41, 5.74) is -1.18. The lowest BCUT2D eigenvalue weighted by molar-refractivity contribution is -0.368. The predicted molar refractivity (Wildman–Crippen MR) is 156 cm³/mol. The summed E-state index contributed by atoms with van der Waals surface area (Å²) in [6.45, 7) is -8.56. The van der Waals surface area contributed by atoms with Gasteiger partial charge in [0.1, 0.15) is 27.2 Å². The van der Waals surface area contributed by atoms with Gasteiger partial charge < -0.3 is 58.0 Å². The zero-order valence-electron chi connectivity index (χ0n) is 36.1. The Morgan fingerprint density at radius 3 is 2.48 bits per heavy atom. The number of hydrogen-bond donors (Lipinski definition) is 3. The molecule has 0 bridgehead atoms. The van der Waals surface area contributed by atoms with Crippen LogP contribution in [0.5, 0.6) is 28.7 Å². The lowest BCUT2D eigenvalue weighted by atomic mass is 9.66. The fraction of sp³-hybridized carbons (Fsp3) is 0.469. The number of ether oxygens (including phenoxy) is 9. The maximum Gasteiger partial charge on any atom is 0.310 e. The van der Waals surface area contributed by atoms with E-state index in [0.29, 0.717) is 4.88 Å². The van der Waals surface area contributed by atoms with Crippen LogP contribution in [0.1, 0.15) is 57.7 Å². The highest BCUT2D eigenvalue weighted by atomic mass is 32.1. The molecule has 0 unspecified atom stereocenters. The van der Waals surface area contributed by atoms with Crippen molar-refractivity contribution in [2.45, 2.75) is 49.0 Å². The van der Waals surface area contributed by atoms with Crippen molar-refractivity contribution in [3.05, 3.63) is 63.3 Å². The van der Waals surface area contributed by atoms with E-state index in [1.54, 1.807) is 17.5 Å². The number of phenols is 1. The monoisotopic (exact) mass is 669 g/mol. The molecule has 14 heteroatoms. The SMILES string of the molecule is [2H]C([2H])([2H])Oc1cc([C@]2([2H])c3cc4c(cc3[C@@H](O[C@@H]3O[C@H]5[C@@H](O[C@H](c6cccs6)OC5([2H])[2H])[C@H](O)[C@H]3O)[C@@H]3[C@@H]2C(=O)OC3([2H])[2H])OC([2H])([2H])O4)cc(OC([2H])([2H])[2H])c1O. The van der Waals surface area contributed by atoms with Crippen LogP contribution in [0.15, 0.2) is 41.8 Å². The van der Waals surface area contributed by atoms with Gasteiger partial charge in [-0.2, -0.15) is 0 Å². The number of esters is 1. The normalized spacial score (nSPS) is 43.9. The third kappa shape index (κ3) is 4.70. The average molecular weight is 670 g/mol. The smallest absolute Gasteiger partial charge is 0.310 e. The van der Waals surface area contributed by atoms with E-state index in [1.165, 1.54) is 11.3 Å². The minimum Gasteiger partial charge on any atom is -0.502 e. The van der Waals surface area contributed by atoms with Crippen LogP contribution >= 0.6 is 11.3 Å². The molecule has 0 amide bonds. The highest BCUT2D eigenvalue weighted by Crippen LogP contribution is 2.57. The molecule has 8 rings (SSSR count). The Labute approximate surface area is 285 Å². The second-order valence-electron chi connectivity index (χ2n) is 10.8. The van der Waals surface area contributed by atoms with Crippen molar-refractivity contribution in [2.24, 2.45) is 11.8 Å². The molecule has 3 aromatic rings. The molecule has 1 aromatic heterocycles. The van der Waals surface area contributed by atoms with E-state index in [4.69, 9.17) is 59.1 Å². The molecule has 4 aliphatic heterocycles. The standard InChI is InChI=1S/C32H32O13S/c1-37-19-6-13(7-20(38-2)25(19)33)23-14-8-17-18(42-12-41-17)9-15(14)28(16-10-39-30(36)24(16)23)44-32-27(35)26(34)29-21(43-32)11-40-31(45-29)22-4-3-5-46-22/h3-9,16,21,23-24,26-29,31-35H,10-12H2,1-2H3/t16-,21+,23+,24-,26+,27+,28+,29+,31+,32-/m0/s1/i1D3,2D3,10D2,11D2,12D2,23D. The molecule has 46 heavy (non-hydrogen) atoms. The molecular weight excluding hydrogens is 624 g/mol. The van der Waals surface area contributed by atoms with Gasteiger partial charge in [0.05, 0.1) is 57.8 Å². The Bertz CT molecular complexity index is 2120. The largest absolute Gasteiger partial charge is 0.502 e. The van der Waals surface area contributed by atoms with Gasteiger partial charge in [-0.25, -0.2) is 0 Å². The lowest BCUT2D eigenvalue weighted by Gasteiger charge is -2.48. The second kappa shape index (κ2) is 11.6. The minimum absolute atomic E-state index is 0.280. The van der Waals surface area contributed by atoms with E-state index < -0.39 is 124 Å².